The van der Waals surface area contributed by atoms with Gasteiger partial charge in [0.15, 0.2) is 0 Å². The van der Waals surface area contributed by atoms with Crippen LogP contribution in [0.3, 0.4) is 0 Å². The maximum absolute atomic E-state index is 4.58. The van der Waals surface area contributed by atoms with Crippen molar-refractivity contribution in [2.75, 3.05) is 6.54 Å². The van der Waals surface area contributed by atoms with Gasteiger partial charge in [-0.15, -0.1) is 24.8 Å². The van der Waals surface area contributed by atoms with Crippen molar-refractivity contribution in [3.05, 3.63) is 30.1 Å². The molecule has 2 N–H and O–H groups in total. The zero-order chi connectivity index (χ0) is 12.2. The van der Waals surface area contributed by atoms with E-state index >= 15 is 0 Å². The molecule has 1 saturated carbocycles. The summed E-state index contributed by atoms with van der Waals surface area (Å²) >= 11 is 0. The van der Waals surface area contributed by atoms with E-state index in [1.54, 1.807) is 0 Å². The minimum atomic E-state index is 0. The molecule has 1 aliphatic rings. The Morgan fingerprint density at radius 2 is 1.85 bits per heavy atom. The van der Waals surface area contributed by atoms with E-state index in [1.807, 2.05) is 12.1 Å². The number of imidazole rings is 1. The molecule has 3 rings (SSSR count). The predicted octanol–water partition coefficient (Wildman–Crippen LogP) is 4.08. The Kier molecular flexibility index (Phi) is 7.35. The molecular weight excluding hydrogens is 293 g/mol. The van der Waals surface area contributed by atoms with Crippen molar-refractivity contribution >= 4 is 35.8 Å². The first-order chi connectivity index (χ1) is 8.92. The van der Waals surface area contributed by atoms with Crippen LogP contribution >= 0.6 is 24.8 Å². The van der Waals surface area contributed by atoms with Crippen LogP contribution in [0.2, 0.25) is 0 Å². The zero-order valence-electron chi connectivity index (χ0n) is 11.6. The van der Waals surface area contributed by atoms with E-state index in [4.69, 9.17) is 0 Å². The summed E-state index contributed by atoms with van der Waals surface area (Å²) in [5.41, 5.74) is 2.19. The Bertz CT molecular complexity index is 474. The van der Waals surface area contributed by atoms with E-state index in [0.717, 1.165) is 35.9 Å². The lowest BCUT2D eigenvalue weighted by Crippen LogP contribution is -2.24. The van der Waals surface area contributed by atoms with Crippen LogP contribution in [0.1, 0.15) is 37.9 Å². The van der Waals surface area contributed by atoms with Crippen LogP contribution in [0.25, 0.3) is 11.0 Å². The Balaban J connectivity index is 0.000001000. The third-order valence-electron chi connectivity index (χ3n) is 3.89. The molecule has 3 nitrogen and oxygen atoms in total. The van der Waals surface area contributed by atoms with Crippen molar-refractivity contribution in [1.29, 1.82) is 0 Å². The standard InChI is InChI=1S/C15H21N3.2ClH/c1-2-6-12(7-3-1)10-16-11-15-17-13-8-4-5-9-14(13)18-15;;/h4-5,8-9,12,16H,1-3,6-7,10-11H2,(H,17,18);2*1H. The maximum Gasteiger partial charge on any atom is 0.121 e. The van der Waals surface area contributed by atoms with Crippen LogP contribution in [0.4, 0.5) is 0 Å². The number of hydrogen-bond donors (Lipinski definition) is 2. The molecule has 0 bridgehead atoms. The van der Waals surface area contributed by atoms with Gasteiger partial charge in [0, 0.05) is 0 Å². The van der Waals surface area contributed by atoms with Crippen LogP contribution < -0.4 is 5.32 Å². The molecule has 0 saturated heterocycles. The van der Waals surface area contributed by atoms with Crippen molar-refractivity contribution in [3.63, 3.8) is 0 Å². The molecular formula is C15H23Cl2N3. The molecule has 2 aromatic rings. The Hall–Kier alpha value is -0.770. The predicted molar refractivity (Wildman–Crippen MR) is 88.9 cm³/mol. The summed E-state index contributed by atoms with van der Waals surface area (Å²) in [6, 6.07) is 8.20. The molecule has 0 unspecified atom stereocenters. The van der Waals surface area contributed by atoms with Crippen LogP contribution in [-0.4, -0.2) is 16.5 Å². The summed E-state index contributed by atoms with van der Waals surface area (Å²) in [5, 5.41) is 3.54. The van der Waals surface area contributed by atoms with E-state index < -0.39 is 0 Å². The van der Waals surface area contributed by atoms with E-state index in [0.29, 0.717) is 0 Å². The summed E-state index contributed by atoms with van der Waals surface area (Å²) in [6.07, 6.45) is 7.05. The van der Waals surface area contributed by atoms with E-state index in [-0.39, 0.29) is 24.8 Å². The topological polar surface area (TPSA) is 40.7 Å². The Morgan fingerprint density at radius 3 is 2.60 bits per heavy atom. The average molecular weight is 316 g/mol. The number of fused-ring (bicyclic) bond motifs is 1. The van der Waals surface area contributed by atoms with E-state index in [9.17, 15) is 0 Å². The monoisotopic (exact) mass is 315 g/mol. The number of rotatable bonds is 4. The van der Waals surface area contributed by atoms with Gasteiger partial charge in [0.2, 0.25) is 0 Å². The summed E-state index contributed by atoms with van der Waals surface area (Å²) in [5.74, 6) is 1.93. The number of nitrogens with one attached hydrogen (secondary N) is 2. The molecule has 112 valence electrons. The first kappa shape index (κ1) is 17.3. The largest absolute Gasteiger partial charge is 0.341 e. The minimum Gasteiger partial charge on any atom is -0.341 e. The number of hydrogen-bond acceptors (Lipinski definition) is 2. The molecule has 0 atom stereocenters. The van der Waals surface area contributed by atoms with Gasteiger partial charge in [-0.2, -0.15) is 0 Å². The number of halogens is 2. The van der Waals surface area contributed by atoms with Gasteiger partial charge in [-0.1, -0.05) is 31.4 Å². The molecule has 1 aromatic heterocycles. The number of para-hydroxylation sites is 2. The van der Waals surface area contributed by atoms with Gasteiger partial charge in [-0.05, 0) is 37.4 Å². The number of aromatic nitrogens is 2. The van der Waals surface area contributed by atoms with Crippen LogP contribution in [-0.2, 0) is 6.54 Å². The number of aromatic amines is 1. The van der Waals surface area contributed by atoms with Crippen molar-refractivity contribution in [1.82, 2.24) is 15.3 Å². The molecule has 20 heavy (non-hydrogen) atoms. The lowest BCUT2D eigenvalue weighted by atomic mass is 9.89. The van der Waals surface area contributed by atoms with Gasteiger partial charge in [-0.25, -0.2) is 4.98 Å². The maximum atomic E-state index is 4.58. The highest BCUT2D eigenvalue weighted by atomic mass is 35.5. The first-order valence-electron chi connectivity index (χ1n) is 7.06. The van der Waals surface area contributed by atoms with Crippen molar-refractivity contribution in [2.24, 2.45) is 5.92 Å². The smallest absolute Gasteiger partial charge is 0.121 e. The molecule has 1 heterocycles. The second kappa shape index (κ2) is 8.50. The van der Waals surface area contributed by atoms with Crippen LogP contribution in [0.5, 0.6) is 0 Å². The van der Waals surface area contributed by atoms with Crippen LogP contribution in [0.15, 0.2) is 24.3 Å². The summed E-state index contributed by atoms with van der Waals surface area (Å²) in [6.45, 7) is 1.99. The molecule has 0 aliphatic heterocycles. The average Bonchev–Trinajstić information content (AvgIpc) is 2.82. The number of H-pyrrole nitrogens is 1. The van der Waals surface area contributed by atoms with Gasteiger partial charge in [-0.3, -0.25) is 0 Å². The van der Waals surface area contributed by atoms with Gasteiger partial charge in [0.05, 0.1) is 17.6 Å². The van der Waals surface area contributed by atoms with E-state index in [2.05, 4.69) is 27.4 Å². The summed E-state index contributed by atoms with van der Waals surface area (Å²) < 4.78 is 0. The third-order valence-corrected chi connectivity index (χ3v) is 3.89. The second-order valence-corrected chi connectivity index (χ2v) is 5.34. The van der Waals surface area contributed by atoms with Crippen molar-refractivity contribution in [3.8, 4) is 0 Å². The minimum absolute atomic E-state index is 0. The van der Waals surface area contributed by atoms with Gasteiger partial charge >= 0.3 is 0 Å². The zero-order valence-corrected chi connectivity index (χ0v) is 13.2. The molecule has 1 aliphatic carbocycles. The molecule has 0 spiro atoms. The summed E-state index contributed by atoms with van der Waals surface area (Å²) in [4.78, 5) is 7.94. The molecule has 1 aromatic carbocycles. The van der Waals surface area contributed by atoms with Gasteiger partial charge < -0.3 is 10.3 Å². The van der Waals surface area contributed by atoms with E-state index in [1.165, 1.54) is 32.1 Å². The normalized spacial score (nSPS) is 15.6. The fourth-order valence-electron chi connectivity index (χ4n) is 2.88. The lowest BCUT2D eigenvalue weighted by molar-refractivity contribution is 0.341. The van der Waals surface area contributed by atoms with Gasteiger partial charge in [0.1, 0.15) is 5.82 Å². The Labute approximate surface area is 132 Å². The molecule has 0 amide bonds. The summed E-state index contributed by atoms with van der Waals surface area (Å²) in [7, 11) is 0. The van der Waals surface area contributed by atoms with Crippen molar-refractivity contribution in [2.45, 2.75) is 38.6 Å². The first-order valence-corrected chi connectivity index (χ1v) is 7.06. The molecule has 0 radical (unpaired) electrons. The SMILES string of the molecule is Cl.Cl.c1ccc2[nH]c(CNCC3CCCCC3)nc2c1. The van der Waals surface area contributed by atoms with Crippen molar-refractivity contribution < 1.29 is 0 Å². The second-order valence-electron chi connectivity index (χ2n) is 5.34. The highest BCUT2D eigenvalue weighted by Crippen LogP contribution is 2.22. The highest BCUT2D eigenvalue weighted by molar-refractivity contribution is 5.85. The lowest BCUT2D eigenvalue weighted by Gasteiger charge is -2.21. The number of benzene rings is 1. The quantitative estimate of drug-likeness (QED) is 0.892. The fraction of sp³-hybridized carbons (Fsp3) is 0.533. The third kappa shape index (κ3) is 4.37. The number of nitrogens with zero attached hydrogens (tertiary/aromatic N) is 1. The highest BCUT2D eigenvalue weighted by Gasteiger charge is 2.12. The van der Waals surface area contributed by atoms with Gasteiger partial charge in [0.25, 0.3) is 0 Å². The Morgan fingerprint density at radius 1 is 1.10 bits per heavy atom. The molecule has 5 heteroatoms. The molecule has 1 fully saturated rings. The fourth-order valence-corrected chi connectivity index (χ4v) is 2.88. The van der Waals surface area contributed by atoms with Crippen LogP contribution in [0, 0.1) is 5.92 Å².